The maximum Gasteiger partial charge on any atom is 0.0817 e. The van der Waals surface area contributed by atoms with E-state index in [1.165, 1.54) is 0 Å². The van der Waals surface area contributed by atoms with Gasteiger partial charge in [-0.05, 0) is 25.7 Å². The predicted octanol–water partition coefficient (Wildman–Crippen LogP) is 3.90. The summed E-state index contributed by atoms with van der Waals surface area (Å²) < 4.78 is 1.99. The van der Waals surface area contributed by atoms with Crippen molar-refractivity contribution in [1.82, 2.24) is 9.78 Å². The van der Waals surface area contributed by atoms with Gasteiger partial charge in [-0.3, -0.25) is 4.68 Å². The fraction of sp³-hybridized carbons (Fsp3) is 0.727. The molecule has 86 valence electrons. The Morgan fingerprint density at radius 3 is 2.80 bits per heavy atom. The Balaban J connectivity index is 2.61. The monoisotopic (exact) mass is 248 g/mol. The van der Waals surface area contributed by atoms with E-state index in [1.54, 1.807) is 6.20 Å². The van der Waals surface area contributed by atoms with Gasteiger partial charge >= 0.3 is 0 Å². The topological polar surface area (TPSA) is 17.8 Å². The zero-order chi connectivity index (χ0) is 11.3. The molecule has 0 N–H and O–H groups in total. The van der Waals surface area contributed by atoms with Gasteiger partial charge in [-0.2, -0.15) is 5.10 Å². The Kier molecular flexibility index (Phi) is 5.48. The Morgan fingerprint density at radius 1 is 1.47 bits per heavy atom. The van der Waals surface area contributed by atoms with E-state index in [4.69, 9.17) is 23.2 Å². The lowest BCUT2D eigenvalue weighted by Crippen LogP contribution is -2.07. The summed E-state index contributed by atoms with van der Waals surface area (Å²) in [7, 11) is 0. The molecule has 0 amide bonds. The van der Waals surface area contributed by atoms with Crippen LogP contribution < -0.4 is 0 Å². The van der Waals surface area contributed by atoms with Crippen LogP contribution in [0.4, 0.5) is 0 Å². The molecular formula is C11H18Cl2N2. The highest BCUT2D eigenvalue weighted by Gasteiger charge is 2.10. The molecule has 0 aliphatic heterocycles. The minimum atomic E-state index is 0.242. The van der Waals surface area contributed by atoms with Crippen LogP contribution in [0.3, 0.4) is 0 Å². The number of aromatic nitrogens is 2. The van der Waals surface area contributed by atoms with Crippen molar-refractivity contribution in [2.45, 2.75) is 51.5 Å². The standard InChI is InChI=1S/C11H18Cl2N2/c1-3-7-15-11(10(13)8-14-15)6-5-9(12)4-2/h8-9H,3-7H2,1-2H3. The van der Waals surface area contributed by atoms with Gasteiger partial charge in [-0.1, -0.05) is 25.4 Å². The summed E-state index contributed by atoms with van der Waals surface area (Å²) in [5.74, 6) is 0. The van der Waals surface area contributed by atoms with Crippen LogP contribution in [0.15, 0.2) is 6.20 Å². The molecule has 1 rings (SSSR count). The van der Waals surface area contributed by atoms with Crippen molar-refractivity contribution in [3.8, 4) is 0 Å². The fourth-order valence-corrected chi connectivity index (χ4v) is 1.88. The smallest absolute Gasteiger partial charge is 0.0817 e. The lowest BCUT2D eigenvalue weighted by Gasteiger charge is -2.09. The van der Waals surface area contributed by atoms with Gasteiger partial charge in [0.05, 0.1) is 16.9 Å². The molecule has 0 radical (unpaired) electrons. The number of hydrogen-bond acceptors (Lipinski definition) is 1. The molecule has 0 spiro atoms. The number of alkyl halides is 1. The van der Waals surface area contributed by atoms with E-state index < -0.39 is 0 Å². The summed E-state index contributed by atoms with van der Waals surface area (Å²) in [6, 6.07) is 0. The first-order valence-electron chi connectivity index (χ1n) is 5.53. The van der Waals surface area contributed by atoms with Crippen LogP contribution in [0.2, 0.25) is 5.02 Å². The molecule has 2 nitrogen and oxygen atoms in total. The number of aryl methyl sites for hydroxylation is 1. The molecule has 0 fully saturated rings. The van der Waals surface area contributed by atoms with Gasteiger partial charge in [0.25, 0.3) is 0 Å². The number of hydrogen-bond donors (Lipinski definition) is 0. The van der Waals surface area contributed by atoms with Crippen LogP contribution >= 0.6 is 23.2 Å². The summed E-state index contributed by atoms with van der Waals surface area (Å²) >= 11 is 12.2. The summed E-state index contributed by atoms with van der Waals surface area (Å²) in [6.07, 6.45) is 5.68. The minimum Gasteiger partial charge on any atom is -0.268 e. The summed E-state index contributed by atoms with van der Waals surface area (Å²) in [5.41, 5.74) is 1.12. The van der Waals surface area contributed by atoms with E-state index in [2.05, 4.69) is 18.9 Å². The first kappa shape index (κ1) is 12.9. The zero-order valence-electron chi connectivity index (χ0n) is 9.34. The second kappa shape index (κ2) is 6.39. The molecule has 0 saturated carbocycles. The van der Waals surface area contributed by atoms with Crippen LogP contribution in [0, 0.1) is 0 Å². The maximum atomic E-state index is 6.09. The first-order valence-corrected chi connectivity index (χ1v) is 6.34. The molecular weight excluding hydrogens is 231 g/mol. The number of nitrogens with zero attached hydrogens (tertiary/aromatic N) is 2. The highest BCUT2D eigenvalue weighted by atomic mass is 35.5. The predicted molar refractivity (Wildman–Crippen MR) is 65.8 cm³/mol. The molecule has 1 aromatic rings. The van der Waals surface area contributed by atoms with E-state index in [0.29, 0.717) is 0 Å². The SMILES string of the molecule is CCCn1ncc(Cl)c1CCC(Cl)CC. The molecule has 0 saturated heterocycles. The van der Waals surface area contributed by atoms with E-state index >= 15 is 0 Å². The van der Waals surface area contributed by atoms with E-state index in [0.717, 1.165) is 42.9 Å². The summed E-state index contributed by atoms with van der Waals surface area (Å²) in [4.78, 5) is 0. The number of halogens is 2. The van der Waals surface area contributed by atoms with Gasteiger partial charge in [-0.25, -0.2) is 0 Å². The third-order valence-electron chi connectivity index (χ3n) is 2.47. The van der Waals surface area contributed by atoms with Crippen molar-refractivity contribution in [2.24, 2.45) is 0 Å². The minimum absolute atomic E-state index is 0.242. The van der Waals surface area contributed by atoms with E-state index in [9.17, 15) is 0 Å². The lowest BCUT2D eigenvalue weighted by molar-refractivity contribution is 0.562. The third-order valence-corrected chi connectivity index (χ3v) is 3.31. The average Bonchev–Trinajstić information content (AvgIpc) is 2.57. The normalized spacial score (nSPS) is 13.1. The molecule has 15 heavy (non-hydrogen) atoms. The van der Waals surface area contributed by atoms with Gasteiger partial charge in [-0.15, -0.1) is 11.6 Å². The largest absolute Gasteiger partial charge is 0.268 e. The Morgan fingerprint density at radius 2 is 2.20 bits per heavy atom. The molecule has 1 atom stereocenters. The van der Waals surface area contributed by atoms with Gasteiger partial charge in [0.15, 0.2) is 0 Å². The lowest BCUT2D eigenvalue weighted by atomic mass is 10.1. The molecule has 0 aromatic carbocycles. The van der Waals surface area contributed by atoms with Crippen LogP contribution in [0.25, 0.3) is 0 Å². The van der Waals surface area contributed by atoms with Gasteiger partial charge in [0, 0.05) is 11.9 Å². The van der Waals surface area contributed by atoms with Gasteiger partial charge in [0.1, 0.15) is 0 Å². The fourth-order valence-electron chi connectivity index (χ4n) is 1.54. The summed E-state index contributed by atoms with van der Waals surface area (Å²) in [5, 5.41) is 5.26. The summed E-state index contributed by atoms with van der Waals surface area (Å²) in [6.45, 7) is 5.17. The average molecular weight is 249 g/mol. The zero-order valence-corrected chi connectivity index (χ0v) is 10.9. The Bertz CT molecular complexity index is 297. The first-order chi connectivity index (χ1) is 7.19. The molecule has 1 aromatic heterocycles. The van der Waals surface area contributed by atoms with Gasteiger partial charge in [0.2, 0.25) is 0 Å². The van der Waals surface area contributed by atoms with Crippen LogP contribution in [-0.2, 0) is 13.0 Å². The van der Waals surface area contributed by atoms with E-state index in [-0.39, 0.29) is 5.38 Å². The molecule has 0 aliphatic rings. The molecule has 0 aliphatic carbocycles. The van der Waals surface area contributed by atoms with Crippen LogP contribution in [0.5, 0.6) is 0 Å². The van der Waals surface area contributed by atoms with Crippen LogP contribution in [0.1, 0.15) is 38.8 Å². The van der Waals surface area contributed by atoms with Crippen molar-refractivity contribution >= 4 is 23.2 Å². The molecule has 4 heteroatoms. The van der Waals surface area contributed by atoms with Crippen molar-refractivity contribution in [3.63, 3.8) is 0 Å². The quantitative estimate of drug-likeness (QED) is 0.699. The molecule has 1 unspecified atom stereocenters. The molecule has 0 bridgehead atoms. The molecule has 1 heterocycles. The van der Waals surface area contributed by atoms with Gasteiger partial charge < -0.3 is 0 Å². The van der Waals surface area contributed by atoms with Crippen molar-refractivity contribution in [3.05, 3.63) is 16.9 Å². The second-order valence-corrected chi connectivity index (χ2v) is 4.73. The highest BCUT2D eigenvalue weighted by Crippen LogP contribution is 2.19. The van der Waals surface area contributed by atoms with E-state index in [1.807, 2.05) is 4.68 Å². The Labute approximate surface area is 102 Å². The van der Waals surface area contributed by atoms with Crippen molar-refractivity contribution in [2.75, 3.05) is 0 Å². The number of rotatable bonds is 6. The third kappa shape index (κ3) is 3.69. The Hall–Kier alpha value is -0.210. The highest BCUT2D eigenvalue weighted by molar-refractivity contribution is 6.31. The van der Waals surface area contributed by atoms with Crippen molar-refractivity contribution in [1.29, 1.82) is 0 Å². The van der Waals surface area contributed by atoms with Crippen LogP contribution in [-0.4, -0.2) is 15.2 Å². The maximum absolute atomic E-state index is 6.09. The van der Waals surface area contributed by atoms with Crippen molar-refractivity contribution < 1.29 is 0 Å². The second-order valence-electron chi connectivity index (χ2n) is 3.71.